The van der Waals surface area contributed by atoms with Gasteiger partial charge in [-0.05, 0) is 45.8 Å². The first-order valence-corrected chi connectivity index (χ1v) is 7.47. The summed E-state index contributed by atoms with van der Waals surface area (Å²) < 4.78 is 0. The van der Waals surface area contributed by atoms with Gasteiger partial charge in [0.2, 0.25) is 0 Å². The van der Waals surface area contributed by atoms with Crippen LogP contribution in [0, 0.1) is 0 Å². The minimum absolute atomic E-state index is 0.0270. The number of benzene rings is 1. The monoisotopic (exact) mass is 316 g/mol. The van der Waals surface area contributed by atoms with Crippen molar-refractivity contribution in [1.82, 2.24) is 9.80 Å². The maximum Gasteiger partial charge on any atom is 0.178 e. The summed E-state index contributed by atoms with van der Waals surface area (Å²) in [6, 6.07) is 5.30. The lowest BCUT2D eigenvalue weighted by Crippen LogP contribution is -2.42. The molecule has 0 saturated heterocycles. The zero-order valence-corrected chi connectivity index (χ0v) is 14.0. The summed E-state index contributed by atoms with van der Waals surface area (Å²) in [5, 5.41) is 0.957. The quantitative estimate of drug-likeness (QED) is 0.720. The van der Waals surface area contributed by atoms with Crippen LogP contribution in [0.1, 0.15) is 24.2 Å². The Bertz CT molecular complexity index is 463. The van der Waals surface area contributed by atoms with E-state index in [1.54, 1.807) is 18.2 Å². The molecule has 0 fully saturated rings. The lowest BCUT2D eigenvalue weighted by atomic mass is 10.1. The second-order valence-corrected chi connectivity index (χ2v) is 6.07. The zero-order chi connectivity index (χ0) is 15.3. The molecule has 0 N–H and O–H groups in total. The van der Waals surface area contributed by atoms with E-state index in [-0.39, 0.29) is 5.78 Å². The first kappa shape index (κ1) is 17.4. The number of rotatable bonds is 7. The van der Waals surface area contributed by atoms with Gasteiger partial charge in [0.25, 0.3) is 0 Å². The highest BCUT2D eigenvalue weighted by atomic mass is 35.5. The maximum absolute atomic E-state index is 12.4. The van der Waals surface area contributed by atoms with Gasteiger partial charge in [-0.2, -0.15) is 0 Å². The minimum atomic E-state index is 0.0270. The van der Waals surface area contributed by atoms with Crippen LogP contribution < -0.4 is 0 Å². The highest BCUT2D eigenvalue weighted by Gasteiger charge is 2.18. The number of carbonyl (C=O) groups excluding carboxylic acids is 1. The molecule has 1 aromatic carbocycles. The van der Waals surface area contributed by atoms with Crippen molar-refractivity contribution in [1.29, 1.82) is 0 Å². The number of likely N-dealkylation sites (N-methyl/N-ethyl adjacent to an activating group) is 2. The molecule has 112 valence electrons. The predicted octanol–water partition coefficient (Wildman–Crippen LogP) is 3.45. The summed E-state index contributed by atoms with van der Waals surface area (Å²) in [4.78, 5) is 16.6. The van der Waals surface area contributed by atoms with Gasteiger partial charge in [0.1, 0.15) is 0 Å². The molecule has 0 heterocycles. The Morgan fingerprint density at radius 2 is 1.95 bits per heavy atom. The van der Waals surface area contributed by atoms with E-state index in [1.165, 1.54) is 0 Å². The first-order chi connectivity index (χ1) is 9.35. The molecule has 1 atom stereocenters. The topological polar surface area (TPSA) is 23.6 Å². The molecule has 0 aromatic heterocycles. The van der Waals surface area contributed by atoms with E-state index in [0.717, 1.165) is 13.1 Å². The number of halogens is 2. The van der Waals surface area contributed by atoms with Crippen molar-refractivity contribution in [3.8, 4) is 0 Å². The largest absolute Gasteiger partial charge is 0.308 e. The SMILES string of the molecule is CCN(CC(=O)c1ccc(Cl)cc1Cl)C(C)CN(C)C. The van der Waals surface area contributed by atoms with E-state index >= 15 is 0 Å². The number of nitrogens with zero attached hydrogens (tertiary/aromatic N) is 2. The molecule has 0 radical (unpaired) electrons. The Balaban J connectivity index is 2.76. The van der Waals surface area contributed by atoms with Gasteiger partial charge in [-0.15, -0.1) is 0 Å². The summed E-state index contributed by atoms with van der Waals surface area (Å²) in [5.74, 6) is 0.0270. The number of ketones is 1. The fourth-order valence-electron chi connectivity index (χ4n) is 2.21. The third-order valence-electron chi connectivity index (χ3n) is 3.24. The molecule has 0 aliphatic rings. The molecule has 0 aliphatic heterocycles. The summed E-state index contributed by atoms with van der Waals surface area (Å²) in [6.07, 6.45) is 0. The van der Waals surface area contributed by atoms with Crippen molar-refractivity contribution in [2.75, 3.05) is 33.7 Å². The first-order valence-electron chi connectivity index (χ1n) is 6.72. The lowest BCUT2D eigenvalue weighted by molar-refractivity contribution is 0.0888. The third-order valence-corrected chi connectivity index (χ3v) is 3.78. The van der Waals surface area contributed by atoms with Gasteiger partial charge in [-0.25, -0.2) is 0 Å². The van der Waals surface area contributed by atoms with Crippen LogP contribution in [-0.2, 0) is 0 Å². The Kier molecular flexibility index (Phi) is 6.96. The molecule has 0 aliphatic carbocycles. The molecule has 20 heavy (non-hydrogen) atoms. The zero-order valence-electron chi connectivity index (χ0n) is 12.5. The van der Waals surface area contributed by atoms with Crippen molar-refractivity contribution in [2.24, 2.45) is 0 Å². The van der Waals surface area contributed by atoms with Crippen LogP contribution in [0.25, 0.3) is 0 Å². The van der Waals surface area contributed by atoms with Gasteiger partial charge in [-0.1, -0.05) is 30.1 Å². The average molecular weight is 317 g/mol. The normalized spacial score (nSPS) is 13.0. The third kappa shape index (κ3) is 5.06. The highest BCUT2D eigenvalue weighted by molar-refractivity contribution is 6.36. The maximum atomic E-state index is 12.4. The highest BCUT2D eigenvalue weighted by Crippen LogP contribution is 2.21. The van der Waals surface area contributed by atoms with Crippen LogP contribution >= 0.6 is 23.2 Å². The van der Waals surface area contributed by atoms with Crippen molar-refractivity contribution >= 4 is 29.0 Å². The van der Waals surface area contributed by atoms with E-state index in [4.69, 9.17) is 23.2 Å². The van der Waals surface area contributed by atoms with E-state index in [1.807, 2.05) is 14.1 Å². The van der Waals surface area contributed by atoms with Crippen LogP contribution in [0.5, 0.6) is 0 Å². The van der Waals surface area contributed by atoms with Crippen LogP contribution in [-0.4, -0.2) is 55.4 Å². The van der Waals surface area contributed by atoms with Crippen molar-refractivity contribution in [2.45, 2.75) is 19.9 Å². The minimum Gasteiger partial charge on any atom is -0.308 e. The van der Waals surface area contributed by atoms with E-state index in [9.17, 15) is 4.79 Å². The molecule has 3 nitrogen and oxygen atoms in total. The van der Waals surface area contributed by atoms with Crippen molar-refractivity contribution < 1.29 is 4.79 Å². The van der Waals surface area contributed by atoms with Crippen LogP contribution in [0.15, 0.2) is 18.2 Å². The number of hydrogen-bond acceptors (Lipinski definition) is 3. The van der Waals surface area contributed by atoms with Crippen LogP contribution in [0.3, 0.4) is 0 Å². The predicted molar refractivity (Wildman–Crippen MR) is 86.1 cm³/mol. The fourth-order valence-corrected chi connectivity index (χ4v) is 2.72. The number of carbonyl (C=O) groups is 1. The molecule has 1 aromatic rings. The Hall–Kier alpha value is -0.610. The molecule has 1 rings (SSSR count). The molecule has 0 amide bonds. The number of Topliss-reactive ketones (excluding diaryl/α,β-unsaturated/α-hetero) is 1. The number of hydrogen-bond donors (Lipinski definition) is 0. The smallest absolute Gasteiger partial charge is 0.178 e. The standard InChI is InChI=1S/C15H22Cl2N2O/c1-5-19(11(2)9-18(3)4)10-15(20)13-7-6-12(16)8-14(13)17/h6-8,11H,5,9-10H2,1-4H3. The molecule has 1 unspecified atom stereocenters. The summed E-state index contributed by atoms with van der Waals surface area (Å²) >= 11 is 11.9. The van der Waals surface area contributed by atoms with Gasteiger partial charge in [-0.3, -0.25) is 9.69 Å². The van der Waals surface area contributed by atoms with Crippen molar-refractivity contribution in [3.63, 3.8) is 0 Å². The van der Waals surface area contributed by atoms with Crippen LogP contribution in [0.4, 0.5) is 0 Å². The molecule has 5 heteroatoms. The summed E-state index contributed by atoms with van der Waals surface area (Å²) in [5.41, 5.74) is 0.534. The van der Waals surface area contributed by atoms with Gasteiger partial charge >= 0.3 is 0 Å². The fraction of sp³-hybridized carbons (Fsp3) is 0.533. The van der Waals surface area contributed by atoms with E-state index < -0.39 is 0 Å². The van der Waals surface area contributed by atoms with E-state index in [2.05, 4.69) is 23.6 Å². The summed E-state index contributed by atoms with van der Waals surface area (Å²) in [7, 11) is 4.06. The second kappa shape index (κ2) is 7.99. The Morgan fingerprint density at radius 3 is 2.45 bits per heavy atom. The Morgan fingerprint density at radius 1 is 1.30 bits per heavy atom. The van der Waals surface area contributed by atoms with E-state index in [0.29, 0.717) is 28.2 Å². The summed E-state index contributed by atoms with van der Waals surface area (Å²) in [6.45, 7) is 6.29. The lowest BCUT2D eigenvalue weighted by Gasteiger charge is -2.29. The van der Waals surface area contributed by atoms with Gasteiger partial charge < -0.3 is 4.90 Å². The molecule has 0 bridgehead atoms. The molecular formula is C15H22Cl2N2O. The Labute approximate surface area is 131 Å². The average Bonchev–Trinajstić information content (AvgIpc) is 2.34. The van der Waals surface area contributed by atoms with Crippen LogP contribution in [0.2, 0.25) is 10.0 Å². The van der Waals surface area contributed by atoms with Gasteiger partial charge in [0.05, 0.1) is 11.6 Å². The second-order valence-electron chi connectivity index (χ2n) is 5.22. The molecular weight excluding hydrogens is 295 g/mol. The van der Waals surface area contributed by atoms with Gasteiger partial charge in [0, 0.05) is 23.2 Å². The van der Waals surface area contributed by atoms with Gasteiger partial charge in [0.15, 0.2) is 5.78 Å². The molecule has 0 saturated carbocycles. The molecule has 0 spiro atoms. The van der Waals surface area contributed by atoms with Crippen molar-refractivity contribution in [3.05, 3.63) is 33.8 Å².